The zero-order valence-electron chi connectivity index (χ0n) is 10.4. The van der Waals surface area contributed by atoms with Gasteiger partial charge in [-0.3, -0.25) is 0 Å². The van der Waals surface area contributed by atoms with Gasteiger partial charge in [0.1, 0.15) is 0 Å². The summed E-state index contributed by atoms with van der Waals surface area (Å²) in [4.78, 5) is 19.0. The van der Waals surface area contributed by atoms with Gasteiger partial charge >= 0.3 is 5.97 Å². The number of nitrogens with zero attached hydrogens (tertiary/aromatic N) is 2. The van der Waals surface area contributed by atoms with Crippen molar-refractivity contribution in [2.75, 3.05) is 11.9 Å². The van der Waals surface area contributed by atoms with Crippen molar-refractivity contribution in [3.63, 3.8) is 0 Å². The Balaban J connectivity index is 1.94. The third kappa shape index (κ3) is 3.29. The topological polar surface area (TPSA) is 75.1 Å². The van der Waals surface area contributed by atoms with Crippen LogP contribution in [0.1, 0.15) is 41.9 Å². The molecule has 0 atom stereocenters. The molecule has 0 amide bonds. The quantitative estimate of drug-likeness (QED) is 0.781. The number of rotatable bonds is 5. The molecule has 1 aliphatic carbocycles. The molecule has 0 aliphatic heterocycles. The summed E-state index contributed by atoms with van der Waals surface area (Å²) in [7, 11) is 0. The summed E-state index contributed by atoms with van der Waals surface area (Å²) < 4.78 is 0. The second-order valence-electron chi connectivity index (χ2n) is 4.45. The first-order valence-corrected chi connectivity index (χ1v) is 6.16. The molecule has 0 fully saturated rings. The molecule has 0 saturated heterocycles. The predicted molar refractivity (Wildman–Crippen MR) is 68.8 cm³/mol. The van der Waals surface area contributed by atoms with Crippen LogP contribution in [0.15, 0.2) is 17.7 Å². The second-order valence-corrected chi connectivity index (χ2v) is 4.45. The lowest BCUT2D eigenvalue weighted by Gasteiger charge is -2.07. The van der Waals surface area contributed by atoms with Crippen LogP contribution >= 0.6 is 0 Å². The van der Waals surface area contributed by atoms with Crippen LogP contribution in [-0.4, -0.2) is 27.6 Å². The van der Waals surface area contributed by atoms with E-state index < -0.39 is 5.97 Å². The van der Waals surface area contributed by atoms with E-state index in [0.29, 0.717) is 11.6 Å². The lowest BCUT2D eigenvalue weighted by molar-refractivity contribution is 0.0690. The molecule has 0 saturated carbocycles. The molecule has 0 spiro atoms. The maximum absolute atomic E-state index is 10.9. The molecule has 2 N–H and O–H groups in total. The van der Waals surface area contributed by atoms with Crippen molar-refractivity contribution in [1.82, 2.24) is 9.97 Å². The highest BCUT2D eigenvalue weighted by Gasteiger charge is 2.09. The van der Waals surface area contributed by atoms with E-state index in [1.165, 1.54) is 30.9 Å². The fraction of sp³-hybridized carbons (Fsp3) is 0.462. The first kappa shape index (κ1) is 12.5. The molecule has 5 heteroatoms. The maximum Gasteiger partial charge on any atom is 0.354 e. The SMILES string of the molecule is Cc1cc(C(=O)O)nc(NCCC2=CCCC2)n1. The van der Waals surface area contributed by atoms with Gasteiger partial charge in [0.2, 0.25) is 5.95 Å². The minimum atomic E-state index is -1.03. The van der Waals surface area contributed by atoms with Crippen LogP contribution in [0.25, 0.3) is 0 Å². The largest absolute Gasteiger partial charge is 0.477 e. The zero-order valence-corrected chi connectivity index (χ0v) is 10.4. The maximum atomic E-state index is 10.9. The van der Waals surface area contributed by atoms with Gasteiger partial charge in [-0.15, -0.1) is 0 Å². The smallest absolute Gasteiger partial charge is 0.354 e. The zero-order chi connectivity index (χ0) is 13.0. The number of hydrogen-bond acceptors (Lipinski definition) is 4. The first-order valence-electron chi connectivity index (χ1n) is 6.16. The molecular formula is C13H17N3O2. The summed E-state index contributed by atoms with van der Waals surface area (Å²) in [6.45, 7) is 2.51. The van der Waals surface area contributed by atoms with Crippen molar-refractivity contribution < 1.29 is 9.90 Å². The monoisotopic (exact) mass is 247 g/mol. The molecule has 0 radical (unpaired) electrons. The Morgan fingerprint density at radius 3 is 3.00 bits per heavy atom. The number of aryl methyl sites for hydroxylation is 1. The number of hydrogen-bond donors (Lipinski definition) is 2. The summed E-state index contributed by atoms with van der Waals surface area (Å²) >= 11 is 0. The molecule has 18 heavy (non-hydrogen) atoms. The Hall–Kier alpha value is -1.91. The van der Waals surface area contributed by atoms with Crippen molar-refractivity contribution in [3.05, 3.63) is 29.1 Å². The number of carboxylic acids is 1. The van der Waals surface area contributed by atoms with Crippen LogP contribution in [0.2, 0.25) is 0 Å². The second kappa shape index (κ2) is 5.62. The van der Waals surface area contributed by atoms with Crippen LogP contribution in [0.4, 0.5) is 5.95 Å². The number of aromatic carboxylic acids is 1. The molecule has 1 heterocycles. The van der Waals surface area contributed by atoms with Gasteiger partial charge in [0.15, 0.2) is 5.69 Å². The fourth-order valence-corrected chi connectivity index (χ4v) is 2.06. The van der Waals surface area contributed by atoms with Gasteiger partial charge in [0, 0.05) is 12.2 Å². The van der Waals surface area contributed by atoms with E-state index in [2.05, 4.69) is 21.4 Å². The number of aromatic nitrogens is 2. The van der Waals surface area contributed by atoms with Crippen molar-refractivity contribution in [2.24, 2.45) is 0 Å². The highest BCUT2D eigenvalue weighted by Crippen LogP contribution is 2.20. The van der Waals surface area contributed by atoms with Gasteiger partial charge in [0.05, 0.1) is 0 Å². The third-order valence-corrected chi connectivity index (χ3v) is 2.94. The molecule has 1 aliphatic rings. The lowest BCUT2D eigenvalue weighted by Crippen LogP contribution is -2.10. The van der Waals surface area contributed by atoms with Crippen molar-refractivity contribution in [2.45, 2.75) is 32.6 Å². The van der Waals surface area contributed by atoms with E-state index >= 15 is 0 Å². The summed E-state index contributed by atoms with van der Waals surface area (Å²) in [5, 5.41) is 12.0. The van der Waals surface area contributed by atoms with Crippen LogP contribution < -0.4 is 5.32 Å². The molecule has 0 bridgehead atoms. The summed E-state index contributed by atoms with van der Waals surface area (Å²) in [5.74, 6) is -0.631. The molecular weight excluding hydrogens is 230 g/mol. The highest BCUT2D eigenvalue weighted by molar-refractivity contribution is 5.85. The van der Waals surface area contributed by atoms with Gasteiger partial charge in [-0.05, 0) is 38.7 Å². The summed E-state index contributed by atoms with van der Waals surface area (Å²) in [6, 6.07) is 1.47. The Kier molecular flexibility index (Phi) is 3.92. The standard InChI is InChI=1S/C13H17N3O2/c1-9-8-11(12(17)18)16-13(15-9)14-7-6-10-4-2-3-5-10/h4,8H,2-3,5-7H2,1H3,(H,17,18)(H,14,15,16). The van der Waals surface area contributed by atoms with E-state index in [0.717, 1.165) is 13.0 Å². The number of carboxylic acid groups (broad SMARTS) is 1. The van der Waals surface area contributed by atoms with Gasteiger partial charge < -0.3 is 10.4 Å². The minimum absolute atomic E-state index is 0.0325. The van der Waals surface area contributed by atoms with E-state index in [1.807, 2.05) is 0 Å². The number of anilines is 1. The van der Waals surface area contributed by atoms with Crippen LogP contribution in [0.3, 0.4) is 0 Å². The third-order valence-electron chi connectivity index (χ3n) is 2.94. The normalized spacial score (nSPS) is 14.4. The number of nitrogens with one attached hydrogen (secondary N) is 1. The summed E-state index contributed by atoms with van der Waals surface area (Å²) in [5.41, 5.74) is 2.16. The van der Waals surface area contributed by atoms with E-state index in [1.54, 1.807) is 6.92 Å². The molecule has 0 aromatic carbocycles. The lowest BCUT2D eigenvalue weighted by atomic mass is 10.2. The molecule has 1 aromatic rings. The van der Waals surface area contributed by atoms with Crippen LogP contribution in [0.5, 0.6) is 0 Å². The van der Waals surface area contributed by atoms with Crippen molar-refractivity contribution in [1.29, 1.82) is 0 Å². The number of allylic oxidation sites excluding steroid dienone is 1. The van der Waals surface area contributed by atoms with E-state index in [-0.39, 0.29) is 5.69 Å². The summed E-state index contributed by atoms with van der Waals surface area (Å²) in [6.07, 6.45) is 6.86. The number of carbonyl (C=O) groups is 1. The molecule has 2 rings (SSSR count). The van der Waals surface area contributed by atoms with Crippen molar-refractivity contribution in [3.8, 4) is 0 Å². The van der Waals surface area contributed by atoms with E-state index in [9.17, 15) is 4.79 Å². The predicted octanol–water partition coefficient (Wildman–Crippen LogP) is 2.40. The Morgan fingerprint density at radius 2 is 2.33 bits per heavy atom. The molecule has 96 valence electrons. The van der Waals surface area contributed by atoms with Gasteiger partial charge in [-0.1, -0.05) is 11.6 Å². The average molecular weight is 247 g/mol. The molecule has 0 unspecified atom stereocenters. The van der Waals surface area contributed by atoms with Crippen LogP contribution in [0, 0.1) is 6.92 Å². The Bertz CT molecular complexity index is 483. The highest BCUT2D eigenvalue weighted by atomic mass is 16.4. The minimum Gasteiger partial charge on any atom is -0.477 e. The van der Waals surface area contributed by atoms with Gasteiger partial charge in [-0.2, -0.15) is 0 Å². The van der Waals surface area contributed by atoms with Crippen LogP contribution in [-0.2, 0) is 0 Å². The molecule has 5 nitrogen and oxygen atoms in total. The Morgan fingerprint density at radius 1 is 1.50 bits per heavy atom. The fourth-order valence-electron chi connectivity index (χ4n) is 2.06. The average Bonchev–Trinajstić information content (AvgIpc) is 2.81. The first-order chi connectivity index (χ1) is 8.65. The van der Waals surface area contributed by atoms with E-state index in [4.69, 9.17) is 5.11 Å². The van der Waals surface area contributed by atoms with Gasteiger partial charge in [-0.25, -0.2) is 14.8 Å². The van der Waals surface area contributed by atoms with Crippen molar-refractivity contribution >= 4 is 11.9 Å². The Labute approximate surface area is 106 Å². The molecule has 1 aromatic heterocycles. The van der Waals surface area contributed by atoms with Gasteiger partial charge in [0.25, 0.3) is 0 Å².